The molecule has 0 spiro atoms. The van der Waals surface area contributed by atoms with Crippen molar-refractivity contribution in [1.82, 2.24) is 10.6 Å². The summed E-state index contributed by atoms with van der Waals surface area (Å²) >= 11 is 0. The molecule has 0 saturated carbocycles. The molecule has 1 heterocycles. The molecule has 1 aromatic carbocycles. The molecule has 2 rings (SSSR count). The Hall–Kier alpha value is -1.84. The van der Waals surface area contributed by atoms with Gasteiger partial charge in [-0.15, -0.1) is 0 Å². The molecule has 0 bridgehead atoms. The van der Waals surface area contributed by atoms with Crippen LogP contribution in [0.2, 0.25) is 0 Å². The molecule has 0 radical (unpaired) electrons. The molecule has 0 unspecified atom stereocenters. The van der Waals surface area contributed by atoms with Crippen molar-refractivity contribution in [2.75, 3.05) is 0 Å². The zero-order valence-corrected chi connectivity index (χ0v) is 16.1. The fourth-order valence-electron chi connectivity index (χ4n) is 3.57. The van der Waals surface area contributed by atoms with Gasteiger partial charge in [-0.05, 0) is 12.0 Å². The van der Waals surface area contributed by atoms with Gasteiger partial charge in [-0.25, -0.2) is 0 Å². The third-order valence-electron chi connectivity index (χ3n) is 5.15. The lowest BCUT2D eigenvalue weighted by atomic mass is 10.0. The first-order chi connectivity index (χ1) is 12.7. The Balaban J connectivity index is 1.56. The van der Waals surface area contributed by atoms with Crippen LogP contribution < -0.4 is 10.6 Å². The minimum absolute atomic E-state index is 0.00158. The molecule has 2 N–H and O–H groups in total. The van der Waals surface area contributed by atoms with Gasteiger partial charge >= 0.3 is 0 Å². The van der Waals surface area contributed by atoms with Gasteiger partial charge in [0.25, 0.3) is 0 Å². The lowest BCUT2D eigenvalue weighted by molar-refractivity contribution is -0.127. The summed E-state index contributed by atoms with van der Waals surface area (Å²) in [7, 11) is 0. The molecule has 2 amide bonds. The summed E-state index contributed by atoms with van der Waals surface area (Å²) < 4.78 is 0. The molecule has 1 saturated heterocycles. The third kappa shape index (κ3) is 7.19. The van der Waals surface area contributed by atoms with Gasteiger partial charge in [-0.3, -0.25) is 9.59 Å². The van der Waals surface area contributed by atoms with Gasteiger partial charge in [-0.2, -0.15) is 0 Å². The molecule has 1 aromatic rings. The van der Waals surface area contributed by atoms with E-state index in [0.29, 0.717) is 12.8 Å². The number of unbranched alkanes of at least 4 members (excludes halogenated alkanes) is 8. The Labute approximate surface area is 158 Å². The van der Waals surface area contributed by atoms with Crippen molar-refractivity contribution in [2.45, 2.75) is 89.6 Å². The Morgan fingerprint density at radius 3 is 2.27 bits per heavy atom. The molecule has 4 heteroatoms. The van der Waals surface area contributed by atoms with Crippen molar-refractivity contribution < 1.29 is 9.59 Å². The molecular formula is C22H34N2O2. The number of hydrogen-bond acceptors (Lipinski definition) is 2. The van der Waals surface area contributed by atoms with E-state index < -0.39 is 6.04 Å². The number of carbonyl (C=O) groups is 2. The Bertz CT molecular complexity index is 544. The van der Waals surface area contributed by atoms with Crippen LogP contribution in [0.25, 0.3) is 0 Å². The van der Waals surface area contributed by atoms with Crippen molar-refractivity contribution >= 4 is 11.8 Å². The van der Waals surface area contributed by atoms with Crippen molar-refractivity contribution in [3.8, 4) is 0 Å². The van der Waals surface area contributed by atoms with Crippen molar-refractivity contribution in [3.05, 3.63) is 35.9 Å². The fourth-order valence-corrected chi connectivity index (χ4v) is 3.57. The molecule has 1 aliphatic rings. The maximum atomic E-state index is 12.1. The van der Waals surface area contributed by atoms with Crippen molar-refractivity contribution in [2.24, 2.45) is 0 Å². The van der Waals surface area contributed by atoms with Crippen LogP contribution in [0.5, 0.6) is 0 Å². The van der Waals surface area contributed by atoms with Crippen LogP contribution in [-0.2, 0) is 9.59 Å². The minimum Gasteiger partial charge on any atom is -0.347 e. The summed E-state index contributed by atoms with van der Waals surface area (Å²) in [5, 5.41) is 5.88. The maximum absolute atomic E-state index is 12.1. The van der Waals surface area contributed by atoms with Gasteiger partial charge in [0.2, 0.25) is 11.8 Å². The SMILES string of the molecule is CCCCCCCCCCCC(=O)N[C@@H]1C[C@H](c2ccccc2)NC1=O. The predicted octanol–water partition coefficient (Wildman–Crippen LogP) is 4.65. The topological polar surface area (TPSA) is 58.2 Å². The molecular weight excluding hydrogens is 324 g/mol. The van der Waals surface area contributed by atoms with Crippen LogP contribution in [0, 0.1) is 0 Å². The molecule has 4 nitrogen and oxygen atoms in total. The fraction of sp³-hybridized carbons (Fsp3) is 0.636. The van der Waals surface area contributed by atoms with Gasteiger partial charge in [0.15, 0.2) is 0 Å². The van der Waals surface area contributed by atoms with E-state index in [1.54, 1.807) is 0 Å². The second-order valence-corrected chi connectivity index (χ2v) is 7.41. The van der Waals surface area contributed by atoms with Gasteiger partial charge in [-0.1, -0.05) is 88.6 Å². The summed E-state index contributed by atoms with van der Waals surface area (Å²) in [4.78, 5) is 24.2. The first-order valence-corrected chi connectivity index (χ1v) is 10.4. The molecule has 0 aromatic heterocycles. The Morgan fingerprint density at radius 2 is 1.62 bits per heavy atom. The largest absolute Gasteiger partial charge is 0.347 e. The monoisotopic (exact) mass is 358 g/mol. The predicted molar refractivity (Wildman–Crippen MR) is 106 cm³/mol. The molecule has 0 aliphatic carbocycles. The van der Waals surface area contributed by atoms with E-state index in [4.69, 9.17) is 0 Å². The van der Waals surface area contributed by atoms with Gasteiger partial charge in [0.05, 0.1) is 6.04 Å². The maximum Gasteiger partial charge on any atom is 0.243 e. The highest BCUT2D eigenvalue weighted by Gasteiger charge is 2.33. The zero-order chi connectivity index (χ0) is 18.6. The Kier molecular flexibility index (Phi) is 9.22. The van der Waals surface area contributed by atoms with E-state index in [1.807, 2.05) is 30.3 Å². The van der Waals surface area contributed by atoms with Crippen LogP contribution in [0.3, 0.4) is 0 Å². The first kappa shape index (κ1) is 20.5. The molecule has 144 valence electrons. The van der Waals surface area contributed by atoms with E-state index in [-0.39, 0.29) is 17.9 Å². The molecule has 1 aliphatic heterocycles. The smallest absolute Gasteiger partial charge is 0.243 e. The average Bonchev–Trinajstić information content (AvgIpc) is 3.01. The standard InChI is InChI=1S/C22H34N2O2/c1-2-3-4-5-6-7-8-9-13-16-21(25)23-20-17-19(24-22(20)26)18-14-11-10-12-15-18/h10-12,14-15,19-20H,2-9,13,16-17H2,1H3,(H,23,25)(H,24,26)/t19-,20-/m1/s1. The number of rotatable bonds is 12. The summed E-state index contributed by atoms with van der Waals surface area (Å²) in [6.45, 7) is 2.24. The number of amides is 2. The van der Waals surface area contributed by atoms with Gasteiger partial charge < -0.3 is 10.6 Å². The average molecular weight is 359 g/mol. The highest BCUT2D eigenvalue weighted by atomic mass is 16.2. The van der Waals surface area contributed by atoms with Crippen LogP contribution in [0.1, 0.15) is 89.2 Å². The summed E-state index contributed by atoms with van der Waals surface area (Å²) in [6, 6.07) is 9.53. The van der Waals surface area contributed by atoms with Gasteiger partial charge in [0, 0.05) is 12.8 Å². The summed E-state index contributed by atoms with van der Waals surface area (Å²) in [5.74, 6) is -0.0684. The second-order valence-electron chi connectivity index (χ2n) is 7.41. The first-order valence-electron chi connectivity index (χ1n) is 10.4. The number of benzene rings is 1. The van der Waals surface area contributed by atoms with Crippen molar-refractivity contribution in [1.29, 1.82) is 0 Å². The van der Waals surface area contributed by atoms with Crippen LogP contribution >= 0.6 is 0 Å². The van der Waals surface area contributed by atoms with Crippen LogP contribution in [-0.4, -0.2) is 17.9 Å². The highest BCUT2D eigenvalue weighted by molar-refractivity contribution is 5.89. The van der Waals surface area contributed by atoms with E-state index in [2.05, 4.69) is 17.6 Å². The number of carbonyl (C=O) groups excluding carboxylic acids is 2. The van der Waals surface area contributed by atoms with E-state index in [9.17, 15) is 9.59 Å². The van der Waals surface area contributed by atoms with Crippen LogP contribution in [0.15, 0.2) is 30.3 Å². The van der Waals surface area contributed by atoms with Crippen molar-refractivity contribution in [3.63, 3.8) is 0 Å². The highest BCUT2D eigenvalue weighted by Crippen LogP contribution is 2.24. The van der Waals surface area contributed by atoms with E-state index >= 15 is 0 Å². The lowest BCUT2D eigenvalue weighted by Crippen LogP contribution is -2.40. The molecule has 2 atom stereocenters. The normalized spacial score (nSPS) is 19.3. The molecule has 26 heavy (non-hydrogen) atoms. The summed E-state index contributed by atoms with van der Waals surface area (Å²) in [6.07, 6.45) is 12.3. The van der Waals surface area contributed by atoms with E-state index in [0.717, 1.165) is 18.4 Å². The number of hydrogen-bond donors (Lipinski definition) is 2. The van der Waals surface area contributed by atoms with Gasteiger partial charge in [0.1, 0.15) is 6.04 Å². The zero-order valence-electron chi connectivity index (χ0n) is 16.1. The van der Waals surface area contributed by atoms with Crippen LogP contribution in [0.4, 0.5) is 0 Å². The third-order valence-corrected chi connectivity index (χ3v) is 5.15. The number of nitrogens with one attached hydrogen (secondary N) is 2. The van der Waals surface area contributed by atoms with E-state index in [1.165, 1.54) is 44.9 Å². The summed E-state index contributed by atoms with van der Waals surface area (Å²) in [5.41, 5.74) is 1.09. The Morgan fingerprint density at radius 1 is 1.00 bits per heavy atom. The second kappa shape index (κ2) is 11.7. The quantitative estimate of drug-likeness (QED) is 0.534. The molecule has 1 fully saturated rings. The lowest BCUT2D eigenvalue weighted by Gasteiger charge is -2.11. The minimum atomic E-state index is -0.397.